The van der Waals surface area contributed by atoms with E-state index < -0.39 is 5.97 Å². The fourth-order valence-corrected chi connectivity index (χ4v) is 3.29. The molecule has 0 aliphatic heterocycles. The van der Waals surface area contributed by atoms with Gasteiger partial charge in [-0.1, -0.05) is 30.3 Å². The van der Waals surface area contributed by atoms with Gasteiger partial charge in [0.1, 0.15) is 5.58 Å². The van der Waals surface area contributed by atoms with Crippen LogP contribution in [0, 0.1) is 13.8 Å². The Morgan fingerprint density at radius 3 is 2.55 bits per heavy atom. The average Bonchev–Trinajstić information content (AvgIpc) is 3.08. The van der Waals surface area contributed by atoms with E-state index in [4.69, 9.17) is 9.15 Å². The molecule has 29 heavy (non-hydrogen) atoms. The third-order valence-corrected chi connectivity index (χ3v) is 5.00. The Morgan fingerprint density at radius 1 is 0.966 bits per heavy atom. The number of rotatable bonds is 5. The molecule has 4 rings (SSSR count). The van der Waals surface area contributed by atoms with E-state index in [0.717, 1.165) is 38.4 Å². The number of benzene rings is 3. The molecule has 0 spiro atoms. The summed E-state index contributed by atoms with van der Waals surface area (Å²) in [6.45, 7) is 3.69. The van der Waals surface area contributed by atoms with Crippen LogP contribution in [0.3, 0.4) is 0 Å². The Labute approximate surface area is 168 Å². The van der Waals surface area contributed by atoms with Gasteiger partial charge in [-0.05, 0) is 60.0 Å². The lowest BCUT2D eigenvalue weighted by Gasteiger charge is -2.07. The highest BCUT2D eigenvalue weighted by Crippen LogP contribution is 2.25. The van der Waals surface area contributed by atoms with E-state index in [0.29, 0.717) is 5.69 Å². The first-order valence-electron chi connectivity index (χ1n) is 9.41. The molecule has 4 aromatic rings. The molecule has 0 fully saturated rings. The molecule has 1 N–H and O–H groups in total. The van der Waals surface area contributed by atoms with Crippen LogP contribution in [0.4, 0.5) is 5.69 Å². The standard InChI is InChI=1S/C24H21NO4/c1-15-9-21-19(13-28-22(21)10-16(15)2)12-24(27)29-14-23(26)25-20-8-7-17-5-3-4-6-18(17)11-20/h3-11,13H,12,14H2,1-2H3,(H,25,26). The summed E-state index contributed by atoms with van der Waals surface area (Å²) in [4.78, 5) is 24.3. The molecule has 0 atom stereocenters. The van der Waals surface area contributed by atoms with Crippen LogP contribution in [-0.4, -0.2) is 18.5 Å². The lowest BCUT2D eigenvalue weighted by atomic mass is 10.0. The van der Waals surface area contributed by atoms with Crippen LogP contribution in [0.2, 0.25) is 0 Å². The van der Waals surface area contributed by atoms with E-state index in [1.54, 1.807) is 6.26 Å². The van der Waals surface area contributed by atoms with Crippen molar-refractivity contribution in [2.45, 2.75) is 20.3 Å². The molecule has 0 saturated carbocycles. The SMILES string of the molecule is Cc1cc2occ(CC(=O)OCC(=O)Nc3ccc4ccccc4c3)c2cc1C. The van der Waals surface area contributed by atoms with Crippen molar-refractivity contribution in [3.63, 3.8) is 0 Å². The summed E-state index contributed by atoms with van der Waals surface area (Å²) < 4.78 is 10.7. The third kappa shape index (κ3) is 4.14. The molecule has 0 aliphatic rings. The quantitative estimate of drug-likeness (QED) is 0.493. The van der Waals surface area contributed by atoms with Crippen LogP contribution < -0.4 is 5.32 Å². The lowest BCUT2D eigenvalue weighted by molar-refractivity contribution is -0.146. The van der Waals surface area contributed by atoms with Crippen LogP contribution in [-0.2, 0) is 20.7 Å². The zero-order valence-corrected chi connectivity index (χ0v) is 16.3. The lowest BCUT2D eigenvalue weighted by Crippen LogP contribution is -2.21. The van der Waals surface area contributed by atoms with Gasteiger partial charge in [0.15, 0.2) is 6.61 Å². The molecular formula is C24H21NO4. The van der Waals surface area contributed by atoms with Crippen molar-refractivity contribution in [2.75, 3.05) is 11.9 Å². The minimum atomic E-state index is -0.473. The van der Waals surface area contributed by atoms with Crippen molar-refractivity contribution in [3.8, 4) is 0 Å². The molecule has 0 radical (unpaired) electrons. The van der Waals surface area contributed by atoms with Crippen molar-refractivity contribution < 1.29 is 18.7 Å². The molecule has 3 aromatic carbocycles. The number of furan rings is 1. The normalized spacial score (nSPS) is 11.0. The van der Waals surface area contributed by atoms with Crippen LogP contribution >= 0.6 is 0 Å². The summed E-state index contributed by atoms with van der Waals surface area (Å²) in [5, 5.41) is 5.77. The maximum Gasteiger partial charge on any atom is 0.310 e. The van der Waals surface area contributed by atoms with Gasteiger partial charge in [0.05, 0.1) is 12.7 Å². The Bertz CT molecular complexity index is 1220. The Kier molecular flexibility index (Phi) is 5.04. The van der Waals surface area contributed by atoms with Gasteiger partial charge in [0, 0.05) is 16.6 Å². The molecule has 0 bridgehead atoms. The first kappa shape index (κ1) is 18.7. The van der Waals surface area contributed by atoms with Gasteiger partial charge in [-0.25, -0.2) is 0 Å². The summed E-state index contributed by atoms with van der Waals surface area (Å²) >= 11 is 0. The Morgan fingerprint density at radius 2 is 1.72 bits per heavy atom. The molecule has 146 valence electrons. The second kappa shape index (κ2) is 7.80. The number of carbonyl (C=O) groups excluding carboxylic acids is 2. The minimum Gasteiger partial charge on any atom is -0.464 e. The summed E-state index contributed by atoms with van der Waals surface area (Å²) in [5.41, 5.74) is 4.42. The average molecular weight is 387 g/mol. The number of carbonyl (C=O) groups is 2. The topological polar surface area (TPSA) is 68.5 Å². The molecular weight excluding hydrogens is 366 g/mol. The van der Waals surface area contributed by atoms with Gasteiger partial charge in [0.25, 0.3) is 5.91 Å². The molecule has 0 saturated heterocycles. The number of fused-ring (bicyclic) bond motifs is 2. The Balaban J connectivity index is 1.35. The van der Waals surface area contributed by atoms with Gasteiger partial charge in [-0.2, -0.15) is 0 Å². The van der Waals surface area contributed by atoms with Gasteiger partial charge in [0.2, 0.25) is 0 Å². The van der Waals surface area contributed by atoms with Crippen LogP contribution in [0.25, 0.3) is 21.7 Å². The zero-order chi connectivity index (χ0) is 20.4. The Hall–Kier alpha value is -3.60. The first-order chi connectivity index (χ1) is 14.0. The second-order valence-corrected chi connectivity index (χ2v) is 7.14. The van der Waals surface area contributed by atoms with Crippen molar-refractivity contribution in [1.82, 2.24) is 0 Å². The van der Waals surface area contributed by atoms with E-state index in [9.17, 15) is 9.59 Å². The highest BCUT2D eigenvalue weighted by Gasteiger charge is 2.14. The molecule has 5 nitrogen and oxygen atoms in total. The number of ether oxygens (including phenoxy) is 1. The maximum absolute atomic E-state index is 12.2. The number of amides is 1. The van der Waals surface area contributed by atoms with Gasteiger partial charge < -0.3 is 14.5 Å². The van der Waals surface area contributed by atoms with E-state index >= 15 is 0 Å². The predicted octanol–water partition coefficient (Wildman–Crippen LogP) is 4.93. The molecule has 0 unspecified atom stereocenters. The van der Waals surface area contributed by atoms with Gasteiger partial charge >= 0.3 is 5.97 Å². The second-order valence-electron chi connectivity index (χ2n) is 7.14. The highest BCUT2D eigenvalue weighted by atomic mass is 16.5. The van der Waals surface area contributed by atoms with E-state index in [-0.39, 0.29) is 18.9 Å². The highest BCUT2D eigenvalue weighted by molar-refractivity contribution is 5.96. The van der Waals surface area contributed by atoms with Crippen molar-refractivity contribution in [2.24, 2.45) is 0 Å². The number of aryl methyl sites for hydroxylation is 2. The number of esters is 1. The van der Waals surface area contributed by atoms with Crippen LogP contribution in [0.1, 0.15) is 16.7 Å². The third-order valence-electron chi connectivity index (χ3n) is 5.00. The zero-order valence-electron chi connectivity index (χ0n) is 16.3. The van der Waals surface area contributed by atoms with E-state index in [1.165, 1.54) is 0 Å². The summed E-state index contributed by atoms with van der Waals surface area (Å²) in [5.74, 6) is -0.850. The number of anilines is 1. The number of nitrogens with one attached hydrogen (secondary N) is 1. The predicted molar refractivity (Wildman–Crippen MR) is 113 cm³/mol. The molecule has 5 heteroatoms. The molecule has 1 aromatic heterocycles. The number of hydrogen-bond acceptors (Lipinski definition) is 4. The van der Waals surface area contributed by atoms with E-state index in [1.807, 2.05) is 68.4 Å². The van der Waals surface area contributed by atoms with Crippen molar-refractivity contribution in [3.05, 3.63) is 77.6 Å². The molecule has 1 amide bonds. The van der Waals surface area contributed by atoms with Gasteiger partial charge in [-0.3, -0.25) is 9.59 Å². The van der Waals surface area contributed by atoms with Crippen LogP contribution in [0.5, 0.6) is 0 Å². The minimum absolute atomic E-state index is 0.0543. The summed E-state index contributed by atoms with van der Waals surface area (Å²) in [6, 6.07) is 17.5. The fraction of sp³-hybridized carbons (Fsp3) is 0.167. The smallest absolute Gasteiger partial charge is 0.310 e. The summed E-state index contributed by atoms with van der Waals surface area (Å²) in [7, 11) is 0. The molecule has 0 aliphatic carbocycles. The van der Waals surface area contributed by atoms with Crippen LogP contribution in [0.15, 0.2) is 65.3 Å². The summed E-state index contributed by atoms with van der Waals surface area (Å²) in [6.07, 6.45) is 1.62. The van der Waals surface area contributed by atoms with E-state index in [2.05, 4.69) is 5.32 Å². The molecule has 1 heterocycles. The first-order valence-corrected chi connectivity index (χ1v) is 9.41. The van der Waals surface area contributed by atoms with Gasteiger partial charge in [-0.15, -0.1) is 0 Å². The fourth-order valence-electron chi connectivity index (χ4n) is 3.29. The van der Waals surface area contributed by atoms with Crippen molar-refractivity contribution in [1.29, 1.82) is 0 Å². The largest absolute Gasteiger partial charge is 0.464 e. The maximum atomic E-state index is 12.2. The monoisotopic (exact) mass is 387 g/mol. The van der Waals surface area contributed by atoms with Crippen molar-refractivity contribution >= 4 is 39.3 Å². The number of hydrogen-bond donors (Lipinski definition) is 1.